The molecule has 0 radical (unpaired) electrons. The molecule has 0 saturated carbocycles. The summed E-state index contributed by atoms with van der Waals surface area (Å²) in [6.07, 6.45) is 0. The summed E-state index contributed by atoms with van der Waals surface area (Å²) >= 11 is 0. The smallest absolute Gasteiger partial charge is 0.311 e. The van der Waals surface area contributed by atoms with E-state index in [-0.39, 0.29) is 22.9 Å². The van der Waals surface area contributed by atoms with Crippen molar-refractivity contribution >= 4 is 28.9 Å². The first-order valence-electron chi connectivity index (χ1n) is 6.92. The summed E-state index contributed by atoms with van der Waals surface area (Å²) in [5, 5.41) is 16.2. The SMILES string of the molecule is COc1ccc(C(=O)Nc2cccc(NC(C)=O)c2)cc1[N+](=O)[O-]. The average molecular weight is 329 g/mol. The van der Waals surface area contributed by atoms with Gasteiger partial charge < -0.3 is 15.4 Å². The Labute approximate surface area is 137 Å². The highest BCUT2D eigenvalue weighted by molar-refractivity contribution is 6.05. The third kappa shape index (κ3) is 4.07. The molecule has 8 nitrogen and oxygen atoms in total. The van der Waals surface area contributed by atoms with E-state index in [4.69, 9.17) is 4.74 Å². The number of nitro benzene ring substituents is 1. The number of carbonyl (C=O) groups is 2. The summed E-state index contributed by atoms with van der Waals surface area (Å²) in [5.41, 5.74) is 0.801. The highest BCUT2D eigenvalue weighted by atomic mass is 16.6. The Bertz CT molecular complexity index is 804. The van der Waals surface area contributed by atoms with Crippen LogP contribution in [0, 0.1) is 10.1 Å². The molecule has 24 heavy (non-hydrogen) atoms. The molecule has 2 rings (SSSR count). The van der Waals surface area contributed by atoms with E-state index in [0.717, 1.165) is 6.07 Å². The Kier molecular flexibility index (Phi) is 5.10. The predicted molar refractivity (Wildman–Crippen MR) is 88.3 cm³/mol. The largest absolute Gasteiger partial charge is 0.490 e. The minimum Gasteiger partial charge on any atom is -0.490 e. The van der Waals surface area contributed by atoms with Crippen LogP contribution in [0.3, 0.4) is 0 Å². The van der Waals surface area contributed by atoms with Crippen LogP contribution in [0.4, 0.5) is 17.1 Å². The molecule has 0 aliphatic heterocycles. The number of ether oxygens (including phenoxy) is 1. The number of hydrogen-bond donors (Lipinski definition) is 2. The zero-order chi connectivity index (χ0) is 17.7. The van der Waals surface area contributed by atoms with Crippen molar-refractivity contribution in [2.24, 2.45) is 0 Å². The van der Waals surface area contributed by atoms with E-state index < -0.39 is 10.8 Å². The van der Waals surface area contributed by atoms with Crippen molar-refractivity contribution in [3.63, 3.8) is 0 Å². The molecule has 0 aliphatic rings. The summed E-state index contributed by atoms with van der Waals surface area (Å²) in [5.74, 6) is -0.672. The minimum atomic E-state index is -0.618. The van der Waals surface area contributed by atoms with Crippen LogP contribution in [0.25, 0.3) is 0 Å². The van der Waals surface area contributed by atoms with Crippen molar-refractivity contribution in [3.8, 4) is 5.75 Å². The number of hydrogen-bond acceptors (Lipinski definition) is 5. The van der Waals surface area contributed by atoms with Crippen molar-refractivity contribution in [1.29, 1.82) is 0 Å². The van der Waals surface area contributed by atoms with E-state index in [9.17, 15) is 19.7 Å². The van der Waals surface area contributed by atoms with Gasteiger partial charge in [-0.25, -0.2) is 0 Å². The van der Waals surface area contributed by atoms with Gasteiger partial charge in [-0.3, -0.25) is 19.7 Å². The van der Waals surface area contributed by atoms with Crippen LogP contribution in [0.5, 0.6) is 5.75 Å². The fourth-order valence-corrected chi connectivity index (χ4v) is 2.06. The van der Waals surface area contributed by atoms with Gasteiger partial charge in [0.2, 0.25) is 5.91 Å². The van der Waals surface area contributed by atoms with Gasteiger partial charge in [-0.15, -0.1) is 0 Å². The Morgan fingerprint density at radius 3 is 2.33 bits per heavy atom. The van der Waals surface area contributed by atoms with Crippen molar-refractivity contribution < 1.29 is 19.2 Å². The van der Waals surface area contributed by atoms with Crippen LogP contribution in [-0.4, -0.2) is 23.8 Å². The van der Waals surface area contributed by atoms with Crippen LogP contribution in [0.1, 0.15) is 17.3 Å². The molecule has 2 N–H and O–H groups in total. The van der Waals surface area contributed by atoms with Crippen LogP contribution < -0.4 is 15.4 Å². The molecule has 8 heteroatoms. The maximum absolute atomic E-state index is 12.3. The van der Waals surface area contributed by atoms with Gasteiger partial charge in [-0.1, -0.05) is 6.07 Å². The summed E-state index contributed by atoms with van der Waals surface area (Å²) in [6, 6.07) is 10.5. The Hall–Kier alpha value is -3.42. The average Bonchev–Trinajstić information content (AvgIpc) is 2.53. The molecule has 0 bridgehead atoms. The number of amides is 2. The quantitative estimate of drug-likeness (QED) is 0.647. The van der Waals surface area contributed by atoms with Crippen LogP contribution >= 0.6 is 0 Å². The number of rotatable bonds is 5. The van der Waals surface area contributed by atoms with E-state index >= 15 is 0 Å². The number of methoxy groups -OCH3 is 1. The lowest BCUT2D eigenvalue weighted by Gasteiger charge is -2.08. The van der Waals surface area contributed by atoms with E-state index in [1.54, 1.807) is 24.3 Å². The van der Waals surface area contributed by atoms with Gasteiger partial charge in [-0.2, -0.15) is 0 Å². The second-order valence-electron chi connectivity index (χ2n) is 4.86. The number of nitrogens with zero attached hydrogens (tertiary/aromatic N) is 1. The number of benzene rings is 2. The van der Waals surface area contributed by atoms with Gasteiger partial charge in [-0.05, 0) is 30.3 Å². The fourth-order valence-electron chi connectivity index (χ4n) is 2.06. The van der Waals surface area contributed by atoms with Crippen molar-refractivity contribution in [2.45, 2.75) is 6.92 Å². The van der Waals surface area contributed by atoms with Gasteiger partial charge in [0, 0.05) is 29.9 Å². The Morgan fingerprint density at radius 2 is 1.75 bits per heavy atom. The van der Waals surface area contributed by atoms with Crippen LogP contribution in [-0.2, 0) is 4.79 Å². The van der Waals surface area contributed by atoms with E-state index in [0.29, 0.717) is 11.4 Å². The van der Waals surface area contributed by atoms with Crippen molar-refractivity contribution in [3.05, 3.63) is 58.1 Å². The summed E-state index contributed by atoms with van der Waals surface area (Å²) < 4.78 is 4.90. The molecule has 0 saturated heterocycles. The first-order chi connectivity index (χ1) is 11.4. The molecule has 0 heterocycles. The zero-order valence-electron chi connectivity index (χ0n) is 13.0. The van der Waals surface area contributed by atoms with Gasteiger partial charge >= 0.3 is 5.69 Å². The van der Waals surface area contributed by atoms with E-state index in [2.05, 4.69) is 10.6 Å². The minimum absolute atomic E-state index is 0.0733. The lowest BCUT2D eigenvalue weighted by molar-refractivity contribution is -0.385. The molecule has 0 atom stereocenters. The van der Waals surface area contributed by atoms with E-state index in [1.807, 2.05) is 0 Å². The van der Waals surface area contributed by atoms with Crippen molar-refractivity contribution in [1.82, 2.24) is 0 Å². The monoisotopic (exact) mass is 329 g/mol. The lowest BCUT2D eigenvalue weighted by Crippen LogP contribution is -2.13. The van der Waals surface area contributed by atoms with Gasteiger partial charge in [0.05, 0.1) is 12.0 Å². The summed E-state index contributed by atoms with van der Waals surface area (Å²) in [6.45, 7) is 1.38. The molecule has 2 amide bonds. The van der Waals surface area contributed by atoms with Gasteiger partial charge in [0.1, 0.15) is 0 Å². The molecular formula is C16H15N3O5. The maximum atomic E-state index is 12.3. The number of anilines is 2. The Balaban J connectivity index is 2.22. The first-order valence-corrected chi connectivity index (χ1v) is 6.92. The van der Waals surface area contributed by atoms with Gasteiger partial charge in [0.25, 0.3) is 5.91 Å². The van der Waals surface area contributed by atoms with Crippen LogP contribution in [0.15, 0.2) is 42.5 Å². The first kappa shape index (κ1) is 16.9. The van der Waals surface area contributed by atoms with Gasteiger partial charge in [0.15, 0.2) is 5.75 Å². The second-order valence-corrected chi connectivity index (χ2v) is 4.86. The molecule has 0 aromatic heterocycles. The molecule has 0 fully saturated rings. The standard InChI is InChI=1S/C16H15N3O5/c1-10(20)17-12-4-3-5-13(9-12)18-16(21)11-6-7-15(24-2)14(8-11)19(22)23/h3-9H,1-2H3,(H,17,20)(H,18,21). The topological polar surface area (TPSA) is 111 Å². The molecule has 124 valence electrons. The normalized spacial score (nSPS) is 9.92. The molecule has 0 spiro atoms. The molecule has 0 unspecified atom stereocenters. The second kappa shape index (κ2) is 7.23. The predicted octanol–water partition coefficient (Wildman–Crippen LogP) is 2.81. The molecule has 2 aromatic carbocycles. The number of carbonyl (C=O) groups excluding carboxylic acids is 2. The summed E-state index contributed by atoms with van der Waals surface area (Å²) in [7, 11) is 1.32. The molecule has 2 aromatic rings. The lowest BCUT2D eigenvalue weighted by atomic mass is 10.1. The fraction of sp³-hybridized carbons (Fsp3) is 0.125. The highest BCUT2D eigenvalue weighted by Crippen LogP contribution is 2.28. The third-order valence-corrected chi connectivity index (χ3v) is 3.08. The molecule has 0 aliphatic carbocycles. The van der Waals surface area contributed by atoms with Crippen molar-refractivity contribution in [2.75, 3.05) is 17.7 Å². The third-order valence-electron chi connectivity index (χ3n) is 3.08. The summed E-state index contributed by atoms with van der Waals surface area (Å²) in [4.78, 5) is 33.7. The molecular weight excluding hydrogens is 314 g/mol. The number of nitrogens with one attached hydrogen (secondary N) is 2. The highest BCUT2D eigenvalue weighted by Gasteiger charge is 2.18. The van der Waals surface area contributed by atoms with Crippen LogP contribution in [0.2, 0.25) is 0 Å². The number of nitro groups is 1. The van der Waals surface area contributed by atoms with E-state index in [1.165, 1.54) is 26.2 Å². The zero-order valence-corrected chi connectivity index (χ0v) is 13.0. The maximum Gasteiger partial charge on any atom is 0.311 e. The Morgan fingerprint density at radius 1 is 1.08 bits per heavy atom.